The predicted molar refractivity (Wildman–Crippen MR) is 103 cm³/mol. The fourth-order valence-corrected chi connectivity index (χ4v) is 6.75. The minimum Gasteiger partial charge on any atom is -0.477 e. The number of carboxylic acids is 1. The molecule has 1 unspecified atom stereocenters. The number of nitrogens with zero attached hydrogens (tertiary/aromatic N) is 1. The number of fused-ring (bicyclic) bond motifs is 1. The number of hydrogen-bond acceptors (Lipinski definition) is 6. The van der Waals surface area contributed by atoms with E-state index < -0.39 is 18.0 Å². The van der Waals surface area contributed by atoms with Gasteiger partial charge in [0, 0.05) is 28.7 Å². The molecule has 4 aliphatic heterocycles. The summed E-state index contributed by atoms with van der Waals surface area (Å²) in [4.78, 5) is 26.5. The van der Waals surface area contributed by atoms with Crippen molar-refractivity contribution in [1.82, 2.24) is 15.5 Å². The number of hydrogen-bond donors (Lipinski definition) is 4. The van der Waals surface area contributed by atoms with E-state index in [0.717, 1.165) is 36.9 Å². The Hall–Kier alpha value is -1.09. The molecule has 4 N–H and O–H groups in total. The van der Waals surface area contributed by atoms with Gasteiger partial charge in [-0.3, -0.25) is 4.79 Å². The van der Waals surface area contributed by atoms with Gasteiger partial charge in [0.05, 0.1) is 18.1 Å². The van der Waals surface area contributed by atoms with Gasteiger partial charge in [0.1, 0.15) is 5.70 Å². The molecule has 7 atom stereocenters. The first-order valence-electron chi connectivity index (χ1n) is 9.97. The summed E-state index contributed by atoms with van der Waals surface area (Å²) in [6.45, 7) is 6.68. The normalized spacial score (nSPS) is 39.7. The second-order valence-electron chi connectivity index (χ2n) is 8.45. The Morgan fingerprint density at radius 3 is 2.81 bits per heavy atom. The van der Waals surface area contributed by atoms with Crippen LogP contribution in [0.3, 0.4) is 0 Å². The second-order valence-corrected chi connectivity index (χ2v) is 9.79. The van der Waals surface area contributed by atoms with E-state index >= 15 is 0 Å². The van der Waals surface area contributed by atoms with Crippen LogP contribution in [0.15, 0.2) is 10.6 Å². The average molecular weight is 396 g/mol. The highest BCUT2D eigenvalue weighted by molar-refractivity contribution is 8.03. The predicted octanol–water partition coefficient (Wildman–Crippen LogP) is 0.603. The molecule has 150 valence electrons. The van der Waals surface area contributed by atoms with E-state index in [1.54, 1.807) is 18.7 Å². The summed E-state index contributed by atoms with van der Waals surface area (Å²) in [5.41, 5.74) is 0.142. The zero-order valence-corrected chi connectivity index (χ0v) is 16.7. The van der Waals surface area contributed by atoms with Crippen LogP contribution in [0.25, 0.3) is 0 Å². The minimum absolute atomic E-state index is 0.0449. The number of carbonyl (C=O) groups excluding carboxylic acids is 1. The molecule has 0 aromatic carbocycles. The molecule has 4 aliphatic rings. The molecule has 0 saturated carbocycles. The zero-order chi connectivity index (χ0) is 19.3. The third kappa shape index (κ3) is 3.30. The number of amides is 1. The van der Waals surface area contributed by atoms with Gasteiger partial charge < -0.3 is 25.7 Å². The lowest BCUT2D eigenvalue weighted by atomic mass is 9.79. The van der Waals surface area contributed by atoms with Gasteiger partial charge in [0.2, 0.25) is 5.91 Å². The number of aliphatic hydroxyl groups excluding tert-OH is 1. The van der Waals surface area contributed by atoms with E-state index in [1.165, 1.54) is 17.7 Å². The van der Waals surface area contributed by atoms with E-state index in [9.17, 15) is 19.8 Å². The van der Waals surface area contributed by atoms with E-state index in [-0.39, 0.29) is 23.6 Å². The highest BCUT2D eigenvalue weighted by atomic mass is 32.2. The monoisotopic (exact) mass is 395 g/mol. The summed E-state index contributed by atoms with van der Waals surface area (Å²) in [5.74, 6) is -1.10. The molecule has 0 bridgehead atoms. The highest BCUT2D eigenvalue weighted by Gasteiger charge is 2.60. The first kappa shape index (κ1) is 19.2. The van der Waals surface area contributed by atoms with Crippen LogP contribution in [-0.2, 0) is 9.59 Å². The lowest BCUT2D eigenvalue weighted by Gasteiger charge is -2.46. The molecule has 0 spiro atoms. The van der Waals surface area contributed by atoms with Gasteiger partial charge in [-0.05, 0) is 45.2 Å². The summed E-state index contributed by atoms with van der Waals surface area (Å²) in [6, 6.07) is 0.266. The van der Waals surface area contributed by atoms with Gasteiger partial charge in [0.25, 0.3) is 0 Å². The SMILES string of the molecule is C[C@H]1C(S[C@@H]2CN[C@H](C[C@@H]3CCNC3)C2)=C(C(=O)O)N2C(=O)[C@H]([C@@H](C)O)C12. The van der Waals surface area contributed by atoms with Crippen molar-refractivity contribution in [3.05, 3.63) is 10.6 Å². The van der Waals surface area contributed by atoms with Crippen LogP contribution in [0.1, 0.15) is 33.1 Å². The minimum atomic E-state index is -1.04. The number of β-lactam (4-membered cyclic amide) rings is 1. The smallest absolute Gasteiger partial charge is 0.353 e. The molecule has 4 heterocycles. The Labute approximate surface area is 163 Å². The van der Waals surface area contributed by atoms with Crippen LogP contribution < -0.4 is 10.6 Å². The van der Waals surface area contributed by atoms with Crippen LogP contribution in [-0.4, -0.2) is 70.1 Å². The Morgan fingerprint density at radius 1 is 1.41 bits per heavy atom. The fraction of sp³-hybridized carbons (Fsp3) is 0.789. The summed E-state index contributed by atoms with van der Waals surface area (Å²) >= 11 is 1.63. The molecular weight excluding hydrogens is 366 g/mol. The zero-order valence-electron chi connectivity index (χ0n) is 15.9. The summed E-state index contributed by atoms with van der Waals surface area (Å²) in [5, 5.41) is 27.0. The molecule has 8 heteroatoms. The third-order valence-corrected chi connectivity index (χ3v) is 8.08. The van der Waals surface area contributed by atoms with E-state index in [2.05, 4.69) is 10.6 Å². The first-order valence-corrected chi connectivity index (χ1v) is 10.9. The van der Waals surface area contributed by atoms with Gasteiger partial charge in [-0.25, -0.2) is 4.79 Å². The number of nitrogens with one attached hydrogen (secondary N) is 2. The lowest BCUT2D eigenvalue weighted by Crippen LogP contribution is -2.63. The lowest BCUT2D eigenvalue weighted by molar-refractivity contribution is -0.163. The highest BCUT2D eigenvalue weighted by Crippen LogP contribution is 2.51. The molecule has 0 aromatic heterocycles. The quantitative estimate of drug-likeness (QED) is 0.489. The van der Waals surface area contributed by atoms with Crippen LogP contribution in [0, 0.1) is 17.8 Å². The number of carbonyl (C=O) groups is 2. The van der Waals surface area contributed by atoms with E-state index in [4.69, 9.17) is 0 Å². The van der Waals surface area contributed by atoms with Crippen molar-refractivity contribution < 1.29 is 19.8 Å². The van der Waals surface area contributed by atoms with Crippen molar-refractivity contribution in [2.75, 3.05) is 19.6 Å². The Kier molecular flexibility index (Phi) is 5.26. The molecule has 0 radical (unpaired) electrons. The largest absolute Gasteiger partial charge is 0.477 e. The molecule has 0 aliphatic carbocycles. The van der Waals surface area contributed by atoms with Crippen molar-refractivity contribution >= 4 is 23.6 Å². The number of thioether (sulfide) groups is 1. The van der Waals surface area contributed by atoms with Crippen LogP contribution in [0.5, 0.6) is 0 Å². The van der Waals surface area contributed by atoms with Crippen LogP contribution in [0.2, 0.25) is 0 Å². The maximum atomic E-state index is 12.4. The molecule has 4 rings (SSSR count). The van der Waals surface area contributed by atoms with Crippen LogP contribution in [0.4, 0.5) is 0 Å². The molecule has 27 heavy (non-hydrogen) atoms. The van der Waals surface area contributed by atoms with Crippen molar-refractivity contribution in [2.45, 2.75) is 56.5 Å². The summed E-state index contributed by atoms with van der Waals surface area (Å²) in [6.07, 6.45) is 2.68. The number of carboxylic acid groups (broad SMARTS) is 1. The summed E-state index contributed by atoms with van der Waals surface area (Å²) < 4.78 is 0. The maximum Gasteiger partial charge on any atom is 0.353 e. The van der Waals surface area contributed by atoms with Gasteiger partial charge in [-0.2, -0.15) is 0 Å². The molecule has 3 saturated heterocycles. The average Bonchev–Trinajstić information content (AvgIpc) is 3.30. The van der Waals surface area contributed by atoms with Crippen molar-refractivity contribution in [3.8, 4) is 0 Å². The molecule has 0 aromatic rings. The van der Waals surface area contributed by atoms with Gasteiger partial charge in [-0.15, -0.1) is 11.8 Å². The number of aliphatic hydroxyl groups is 1. The van der Waals surface area contributed by atoms with Gasteiger partial charge in [-0.1, -0.05) is 6.92 Å². The second kappa shape index (κ2) is 7.39. The fourth-order valence-electron chi connectivity index (χ4n) is 5.23. The van der Waals surface area contributed by atoms with Crippen LogP contribution >= 0.6 is 11.8 Å². The third-order valence-electron chi connectivity index (χ3n) is 6.57. The Balaban J connectivity index is 1.45. The maximum absolute atomic E-state index is 12.4. The molecule has 3 fully saturated rings. The van der Waals surface area contributed by atoms with Gasteiger partial charge >= 0.3 is 5.97 Å². The topological polar surface area (TPSA) is 102 Å². The standard InChI is InChI=1S/C19H29N3O4S/c1-9-15-14(10(2)23)18(24)22(15)16(19(25)26)17(9)27-13-6-12(21-8-13)5-11-3-4-20-7-11/h9-15,20-21,23H,3-8H2,1-2H3,(H,25,26)/t9-,10-,11+,12-,13+,14-,15?/m1/s1. The van der Waals surface area contributed by atoms with E-state index in [1.807, 2.05) is 6.92 Å². The summed E-state index contributed by atoms with van der Waals surface area (Å²) in [7, 11) is 0. The first-order chi connectivity index (χ1) is 12.9. The van der Waals surface area contributed by atoms with Crippen molar-refractivity contribution in [1.29, 1.82) is 0 Å². The molecular formula is C19H29N3O4S. The van der Waals surface area contributed by atoms with Crippen molar-refractivity contribution in [2.24, 2.45) is 17.8 Å². The number of rotatable bonds is 6. The number of aliphatic carboxylic acids is 1. The molecule has 7 nitrogen and oxygen atoms in total. The van der Waals surface area contributed by atoms with Gasteiger partial charge in [0.15, 0.2) is 0 Å². The van der Waals surface area contributed by atoms with E-state index in [0.29, 0.717) is 11.3 Å². The van der Waals surface area contributed by atoms with Crippen molar-refractivity contribution in [3.63, 3.8) is 0 Å². The Bertz CT molecular complexity index is 661. The molecule has 1 amide bonds. The Morgan fingerprint density at radius 2 is 2.19 bits per heavy atom.